The number of rotatable bonds is 6. The van der Waals surface area contributed by atoms with Crippen molar-refractivity contribution < 1.29 is 9.90 Å². The molecule has 2 aromatic carbocycles. The van der Waals surface area contributed by atoms with Gasteiger partial charge in [-0.15, -0.1) is 0 Å². The Balaban J connectivity index is 1.52. The maximum Gasteiger partial charge on any atom is 0.159 e. The Morgan fingerprint density at radius 3 is 2.29 bits per heavy atom. The summed E-state index contributed by atoms with van der Waals surface area (Å²) in [6.45, 7) is 4.93. The van der Waals surface area contributed by atoms with Crippen LogP contribution in [0.15, 0.2) is 48.5 Å². The van der Waals surface area contributed by atoms with Crippen LogP contribution in [-0.2, 0) is 19.6 Å². The second kappa shape index (κ2) is 7.73. The molecule has 0 spiro atoms. The van der Waals surface area contributed by atoms with Crippen LogP contribution < -0.4 is 0 Å². The smallest absolute Gasteiger partial charge is 0.159 e. The molecule has 0 aliphatic carbocycles. The summed E-state index contributed by atoms with van der Waals surface area (Å²) in [7, 11) is 0. The van der Waals surface area contributed by atoms with E-state index in [1.807, 2.05) is 24.3 Å². The van der Waals surface area contributed by atoms with Gasteiger partial charge in [0.05, 0.1) is 6.61 Å². The normalized spacial score (nSPS) is 18.0. The van der Waals surface area contributed by atoms with Crippen LogP contribution in [-0.4, -0.2) is 28.9 Å². The summed E-state index contributed by atoms with van der Waals surface area (Å²) < 4.78 is 0. The van der Waals surface area contributed by atoms with Crippen LogP contribution in [0.1, 0.15) is 40.4 Å². The van der Waals surface area contributed by atoms with Crippen molar-refractivity contribution in [2.24, 2.45) is 5.92 Å². The molecule has 24 heavy (non-hydrogen) atoms. The number of carbonyl (C=O) groups is 1. The minimum absolute atomic E-state index is 0.111. The van der Waals surface area contributed by atoms with E-state index in [2.05, 4.69) is 29.2 Å². The Morgan fingerprint density at radius 2 is 1.67 bits per heavy atom. The van der Waals surface area contributed by atoms with Gasteiger partial charge in [-0.05, 0) is 48.9 Å². The number of likely N-dealkylation sites (tertiary alicyclic amines) is 1. The van der Waals surface area contributed by atoms with Crippen LogP contribution in [0.25, 0.3) is 0 Å². The summed E-state index contributed by atoms with van der Waals surface area (Å²) in [5, 5.41) is 9.11. The van der Waals surface area contributed by atoms with Crippen molar-refractivity contribution in [1.29, 1.82) is 0 Å². The fourth-order valence-corrected chi connectivity index (χ4v) is 3.44. The number of carbonyl (C=O) groups excluding carboxylic acids is 1. The summed E-state index contributed by atoms with van der Waals surface area (Å²) in [6, 6.07) is 16.3. The molecule has 1 heterocycles. The maximum atomic E-state index is 11.3. The number of aliphatic hydroxyl groups is 1. The number of Topliss-reactive ketones (excluding diaryl/α,β-unsaturated/α-hetero) is 1. The first-order valence-electron chi connectivity index (χ1n) is 8.65. The third kappa shape index (κ3) is 4.31. The molecule has 126 valence electrons. The van der Waals surface area contributed by atoms with Gasteiger partial charge in [-0.3, -0.25) is 9.69 Å². The van der Waals surface area contributed by atoms with Gasteiger partial charge >= 0.3 is 0 Å². The van der Waals surface area contributed by atoms with Crippen LogP contribution in [0.5, 0.6) is 0 Å². The lowest BCUT2D eigenvalue weighted by Gasteiger charge is -2.16. The molecule has 1 N–H and O–H groups in total. The Hall–Kier alpha value is -1.97. The molecule has 3 nitrogen and oxygen atoms in total. The molecule has 3 rings (SSSR count). The van der Waals surface area contributed by atoms with Crippen molar-refractivity contribution in [2.75, 3.05) is 13.1 Å². The second-order valence-electron chi connectivity index (χ2n) is 6.82. The number of hydrogen-bond donors (Lipinski definition) is 1. The second-order valence-corrected chi connectivity index (χ2v) is 6.82. The van der Waals surface area contributed by atoms with Gasteiger partial charge < -0.3 is 5.11 Å². The van der Waals surface area contributed by atoms with E-state index in [0.29, 0.717) is 5.92 Å². The number of ketones is 1. The van der Waals surface area contributed by atoms with E-state index in [0.717, 1.165) is 37.2 Å². The first-order valence-corrected chi connectivity index (χ1v) is 8.65. The summed E-state index contributed by atoms with van der Waals surface area (Å²) in [5.41, 5.74) is 4.38. The summed E-state index contributed by atoms with van der Waals surface area (Å²) in [5.74, 6) is 0.816. The van der Waals surface area contributed by atoms with Gasteiger partial charge in [0.25, 0.3) is 0 Å². The third-order valence-electron chi connectivity index (χ3n) is 4.87. The van der Waals surface area contributed by atoms with E-state index in [9.17, 15) is 4.79 Å². The van der Waals surface area contributed by atoms with E-state index >= 15 is 0 Å². The van der Waals surface area contributed by atoms with Crippen LogP contribution >= 0.6 is 0 Å². The van der Waals surface area contributed by atoms with Crippen molar-refractivity contribution in [1.82, 2.24) is 4.90 Å². The van der Waals surface area contributed by atoms with Gasteiger partial charge in [0.2, 0.25) is 0 Å². The molecular formula is C21H25NO2. The van der Waals surface area contributed by atoms with Crippen molar-refractivity contribution in [3.05, 3.63) is 70.8 Å². The Labute approximate surface area is 143 Å². The first-order chi connectivity index (χ1) is 11.6. The molecule has 0 amide bonds. The largest absolute Gasteiger partial charge is 0.392 e. The topological polar surface area (TPSA) is 40.5 Å². The minimum Gasteiger partial charge on any atom is -0.392 e. The number of hydrogen-bond acceptors (Lipinski definition) is 3. The van der Waals surface area contributed by atoms with E-state index in [1.54, 1.807) is 6.92 Å². The standard InChI is InChI=1S/C21H25NO2/c1-16(24)21-8-6-18(7-9-21)13-22-11-10-20(14-22)12-17-2-4-19(15-23)5-3-17/h2-9,20,23H,10-15H2,1H3. The predicted molar refractivity (Wildman–Crippen MR) is 95.9 cm³/mol. The fraction of sp³-hybridized carbons (Fsp3) is 0.381. The zero-order chi connectivity index (χ0) is 16.9. The summed E-state index contributed by atoms with van der Waals surface area (Å²) in [4.78, 5) is 13.8. The first kappa shape index (κ1) is 16.9. The lowest BCUT2D eigenvalue weighted by molar-refractivity contribution is 0.101. The van der Waals surface area contributed by atoms with Gasteiger partial charge in [-0.25, -0.2) is 0 Å². The molecule has 1 saturated heterocycles. The highest BCUT2D eigenvalue weighted by Crippen LogP contribution is 2.23. The number of nitrogens with zero attached hydrogens (tertiary/aromatic N) is 1. The average Bonchev–Trinajstić information content (AvgIpc) is 3.03. The Kier molecular flexibility index (Phi) is 5.44. The van der Waals surface area contributed by atoms with E-state index < -0.39 is 0 Å². The molecule has 1 fully saturated rings. The van der Waals surface area contributed by atoms with Crippen molar-refractivity contribution in [3.63, 3.8) is 0 Å². The van der Waals surface area contributed by atoms with E-state index in [-0.39, 0.29) is 12.4 Å². The molecule has 1 unspecified atom stereocenters. The molecule has 1 atom stereocenters. The number of aliphatic hydroxyl groups excluding tert-OH is 1. The lowest BCUT2D eigenvalue weighted by Crippen LogP contribution is -2.20. The molecule has 0 saturated carbocycles. The monoisotopic (exact) mass is 323 g/mol. The van der Waals surface area contributed by atoms with Gasteiger partial charge in [-0.1, -0.05) is 48.5 Å². The molecule has 3 heteroatoms. The highest BCUT2D eigenvalue weighted by atomic mass is 16.3. The van der Waals surface area contributed by atoms with Crippen LogP contribution in [0, 0.1) is 5.92 Å². The molecule has 1 aliphatic rings. The predicted octanol–water partition coefficient (Wildman–Crippen LogP) is 3.45. The maximum absolute atomic E-state index is 11.3. The Bertz CT molecular complexity index is 676. The highest BCUT2D eigenvalue weighted by Gasteiger charge is 2.22. The van der Waals surface area contributed by atoms with E-state index in [1.165, 1.54) is 17.5 Å². The molecular weight excluding hydrogens is 298 g/mol. The number of benzene rings is 2. The summed E-state index contributed by atoms with van der Waals surface area (Å²) >= 11 is 0. The minimum atomic E-state index is 0.111. The molecule has 2 aromatic rings. The van der Waals surface area contributed by atoms with Gasteiger partial charge in [-0.2, -0.15) is 0 Å². The van der Waals surface area contributed by atoms with Crippen LogP contribution in [0.2, 0.25) is 0 Å². The van der Waals surface area contributed by atoms with Crippen LogP contribution in [0.3, 0.4) is 0 Å². The lowest BCUT2D eigenvalue weighted by atomic mass is 9.98. The van der Waals surface area contributed by atoms with Crippen LogP contribution in [0.4, 0.5) is 0 Å². The third-order valence-corrected chi connectivity index (χ3v) is 4.87. The SMILES string of the molecule is CC(=O)c1ccc(CN2CCC(Cc3ccc(CO)cc3)C2)cc1. The van der Waals surface area contributed by atoms with Gasteiger partial charge in [0.15, 0.2) is 5.78 Å². The zero-order valence-corrected chi connectivity index (χ0v) is 14.2. The summed E-state index contributed by atoms with van der Waals surface area (Å²) in [6.07, 6.45) is 2.33. The molecule has 0 bridgehead atoms. The molecule has 1 aliphatic heterocycles. The van der Waals surface area contributed by atoms with Gasteiger partial charge in [0, 0.05) is 18.7 Å². The highest BCUT2D eigenvalue weighted by molar-refractivity contribution is 5.93. The Morgan fingerprint density at radius 1 is 1.04 bits per heavy atom. The zero-order valence-electron chi connectivity index (χ0n) is 14.2. The van der Waals surface area contributed by atoms with E-state index in [4.69, 9.17) is 5.11 Å². The molecule has 0 aromatic heterocycles. The van der Waals surface area contributed by atoms with Crippen molar-refractivity contribution >= 4 is 5.78 Å². The van der Waals surface area contributed by atoms with Crippen molar-refractivity contribution in [3.8, 4) is 0 Å². The van der Waals surface area contributed by atoms with Gasteiger partial charge in [0.1, 0.15) is 0 Å². The van der Waals surface area contributed by atoms with Crippen molar-refractivity contribution in [2.45, 2.75) is 32.9 Å². The molecule has 0 radical (unpaired) electrons. The fourth-order valence-electron chi connectivity index (χ4n) is 3.44. The average molecular weight is 323 g/mol. The quantitative estimate of drug-likeness (QED) is 0.828.